The summed E-state index contributed by atoms with van der Waals surface area (Å²) in [7, 11) is 1.32. The van der Waals surface area contributed by atoms with E-state index < -0.39 is 11.9 Å². The van der Waals surface area contributed by atoms with Crippen LogP contribution < -0.4 is 25.7 Å². The number of nitrogens with zero attached hydrogens (tertiary/aromatic N) is 4. The zero-order valence-electron chi connectivity index (χ0n) is 25.4. The second kappa shape index (κ2) is 11.9. The van der Waals surface area contributed by atoms with Crippen molar-refractivity contribution in [3.05, 3.63) is 90.1 Å². The predicted molar refractivity (Wildman–Crippen MR) is 173 cm³/mol. The molecule has 0 saturated carbocycles. The third-order valence-electron chi connectivity index (χ3n) is 9.19. The minimum atomic E-state index is -1.08. The van der Waals surface area contributed by atoms with Crippen LogP contribution in [0.3, 0.4) is 0 Å². The molecule has 3 aromatic rings. The van der Waals surface area contributed by atoms with Crippen molar-refractivity contribution in [3.63, 3.8) is 0 Å². The fourth-order valence-corrected chi connectivity index (χ4v) is 6.81. The Morgan fingerprint density at radius 1 is 0.977 bits per heavy atom. The van der Waals surface area contributed by atoms with E-state index in [0.29, 0.717) is 22.5 Å². The van der Waals surface area contributed by atoms with E-state index in [4.69, 9.17) is 25.0 Å². The predicted octanol–water partition coefficient (Wildman–Crippen LogP) is 4.70. The van der Waals surface area contributed by atoms with Gasteiger partial charge in [0.1, 0.15) is 5.92 Å². The van der Waals surface area contributed by atoms with Crippen LogP contribution in [-0.2, 0) is 16.0 Å². The van der Waals surface area contributed by atoms with Gasteiger partial charge in [-0.05, 0) is 44.6 Å². The van der Waals surface area contributed by atoms with E-state index in [1.807, 2.05) is 38.2 Å². The molecule has 0 N–H and O–H groups in total. The molecule has 2 aliphatic heterocycles. The molecule has 0 unspecified atom stereocenters. The fourth-order valence-electron chi connectivity index (χ4n) is 6.81. The Morgan fingerprint density at radius 3 is 2.28 bits per heavy atom. The molecule has 3 aliphatic rings. The zero-order chi connectivity index (χ0) is 29.3. The quantitative estimate of drug-likeness (QED) is 0.250. The smallest absolute Gasteiger partial charge is 0.664 e. The van der Waals surface area contributed by atoms with E-state index in [-0.39, 0.29) is 48.1 Å². The van der Waals surface area contributed by atoms with E-state index in [1.54, 1.807) is 0 Å². The van der Waals surface area contributed by atoms with Gasteiger partial charge in [0.15, 0.2) is 5.78 Å². The maximum Gasteiger partial charge on any atom is 2.00 e. The minimum Gasteiger partial charge on any atom is -0.664 e. The first kappa shape index (κ1) is 32.4. The van der Waals surface area contributed by atoms with Crippen molar-refractivity contribution in [1.29, 1.82) is 0 Å². The molecule has 3 aromatic heterocycles. The molecule has 8 heteroatoms. The van der Waals surface area contributed by atoms with Crippen LogP contribution in [0.4, 0.5) is 0 Å². The molecule has 7 nitrogen and oxygen atoms in total. The van der Waals surface area contributed by atoms with Crippen LogP contribution in [-0.4, -0.2) is 41.9 Å². The van der Waals surface area contributed by atoms with Crippen molar-refractivity contribution in [3.8, 4) is 0 Å². The molecule has 0 spiro atoms. The van der Waals surface area contributed by atoms with Gasteiger partial charge in [-0.3, -0.25) is 9.59 Å². The van der Waals surface area contributed by atoms with Crippen LogP contribution in [0, 0.1) is 38.5 Å². The van der Waals surface area contributed by atoms with Crippen molar-refractivity contribution in [1.82, 2.24) is 15.0 Å². The monoisotopic (exact) mass is 586 g/mol. The molecule has 0 aromatic carbocycles. The number of Topliss-reactive ketones (excluding diaryl/α,β-unsaturated/α-hetero) is 1. The number of rotatable bonds is 4. The molecule has 1 fully saturated rings. The Hall–Kier alpha value is -3.49. The molecule has 1 aliphatic carbocycles. The molecular formula is C35H38MgN4O3-2. The summed E-state index contributed by atoms with van der Waals surface area (Å²) < 4.78 is 5.14. The zero-order valence-corrected chi connectivity index (χ0v) is 26.8. The summed E-state index contributed by atoms with van der Waals surface area (Å²) in [5.74, 6) is -1.87. The van der Waals surface area contributed by atoms with Gasteiger partial charge in [-0.25, -0.2) is 0 Å². The molecule has 3 atom stereocenters. The van der Waals surface area contributed by atoms with Gasteiger partial charge in [-0.1, -0.05) is 93.3 Å². The van der Waals surface area contributed by atoms with Crippen molar-refractivity contribution >= 4 is 64.7 Å². The van der Waals surface area contributed by atoms with Crippen LogP contribution in [0.25, 0.3) is 35.2 Å². The average Bonchev–Trinajstić information content (AvgIpc) is 3.69. The molecule has 0 amide bonds. The Balaban J connectivity index is 0.00000212. The number of ether oxygens (including phenoxy) is 1. The summed E-state index contributed by atoms with van der Waals surface area (Å²) in [6, 6.07) is 0. The number of carbonyl (C=O) groups is 2. The largest absolute Gasteiger partial charge is 2.00 e. The van der Waals surface area contributed by atoms with E-state index in [9.17, 15) is 9.59 Å². The van der Waals surface area contributed by atoms with Crippen LogP contribution in [0.1, 0.15) is 95.6 Å². The van der Waals surface area contributed by atoms with Crippen LogP contribution in [0.5, 0.6) is 0 Å². The number of methoxy groups -OCH3 is 1. The SMILES string of the molecule is C.C=Cc1c2[n-]c(c1C)/C=C1\[N-]/C(=C3\c4[n-]c(c(C)c4C(=O)[C@@H]3C(=O)OC)/C=c3\[n-]/c(c(C)c3CC)=C\2)[C@@H](CC)[C@@H]1C.[Mg+2]. The third kappa shape index (κ3) is 4.70. The number of allylic oxidation sites excluding steroid dienone is 2. The normalized spacial score (nSPS) is 24.4. The molecule has 43 heavy (non-hydrogen) atoms. The summed E-state index contributed by atoms with van der Waals surface area (Å²) >= 11 is 0. The molecular weight excluding hydrogens is 549 g/mol. The van der Waals surface area contributed by atoms with Gasteiger partial charge in [-0.15, -0.1) is 33.5 Å². The Morgan fingerprint density at radius 2 is 1.65 bits per heavy atom. The summed E-state index contributed by atoms with van der Waals surface area (Å²) in [5, 5.41) is 6.80. The number of hydrogen-bond donors (Lipinski definition) is 0. The van der Waals surface area contributed by atoms with Gasteiger partial charge in [0.05, 0.1) is 7.11 Å². The maximum atomic E-state index is 13.9. The van der Waals surface area contributed by atoms with E-state index in [0.717, 1.165) is 74.1 Å². The number of aromatic nitrogens is 3. The first-order valence-corrected chi connectivity index (χ1v) is 14.3. The Kier molecular flexibility index (Phi) is 8.96. The number of hydrogen-bond acceptors (Lipinski definition) is 3. The van der Waals surface area contributed by atoms with Gasteiger partial charge < -0.3 is 25.0 Å². The second-order valence-electron chi connectivity index (χ2n) is 11.2. The number of fused-ring (bicyclic) bond motifs is 7. The van der Waals surface area contributed by atoms with Gasteiger partial charge in [0, 0.05) is 5.56 Å². The number of esters is 1. The first-order chi connectivity index (χ1) is 19.6. The van der Waals surface area contributed by atoms with Crippen molar-refractivity contribution in [2.45, 2.75) is 61.8 Å². The first-order valence-electron chi connectivity index (χ1n) is 14.3. The molecule has 0 radical (unpaired) electrons. The standard InChI is InChI=1S/C34H35N4O3.CH4.Mg/c1-9-19-15(4)22-12-24-17(6)21(11-3)31(37-24)29-30(34(40)41-8)33(39)28-18(7)25(38-32(28)29)14-27-20(10-2)16(5)23(36-27)13-26(19)35-22;;/h9,12-14,17,21,30H,1,10-11H2,2-8H3,(H-,37,38,39);1H4;/q-3;;+2/p-1/b23-13-,24-12-,27-14-;;/t17-,21-,30+;;/m0../s1. The van der Waals surface area contributed by atoms with Crippen LogP contribution >= 0.6 is 0 Å². The van der Waals surface area contributed by atoms with E-state index >= 15 is 0 Å². The maximum absolute atomic E-state index is 13.9. The van der Waals surface area contributed by atoms with E-state index in [2.05, 4.69) is 34.3 Å². The molecule has 6 rings (SSSR count). The third-order valence-corrected chi connectivity index (χ3v) is 9.19. The Labute approximate surface area is 269 Å². The average molecular weight is 587 g/mol. The van der Waals surface area contributed by atoms with Gasteiger partial charge >= 0.3 is 29.0 Å². The van der Waals surface area contributed by atoms with E-state index in [1.165, 1.54) is 7.11 Å². The van der Waals surface area contributed by atoms with Crippen molar-refractivity contribution in [2.24, 2.45) is 17.8 Å². The summed E-state index contributed by atoms with van der Waals surface area (Å²) in [6.45, 7) is 16.5. The topological polar surface area (TPSA) is 99.8 Å². The summed E-state index contributed by atoms with van der Waals surface area (Å²) in [5.41, 5.74) is 10.5. The Bertz CT molecular complexity index is 1850. The molecule has 8 bridgehead atoms. The summed E-state index contributed by atoms with van der Waals surface area (Å²) in [6.07, 6.45) is 9.47. The number of ketones is 1. The van der Waals surface area contributed by atoms with Gasteiger partial charge in [-0.2, -0.15) is 11.4 Å². The second-order valence-corrected chi connectivity index (χ2v) is 11.2. The molecule has 5 heterocycles. The van der Waals surface area contributed by atoms with Gasteiger partial charge in [0.25, 0.3) is 0 Å². The van der Waals surface area contributed by atoms with Gasteiger partial charge in [0.2, 0.25) is 0 Å². The van der Waals surface area contributed by atoms with Crippen LogP contribution in [0.2, 0.25) is 0 Å². The fraction of sp³-hybridized carbons (Fsp3) is 0.371. The van der Waals surface area contributed by atoms with Crippen LogP contribution in [0.15, 0.2) is 18.0 Å². The van der Waals surface area contributed by atoms with Crippen molar-refractivity contribution in [2.75, 3.05) is 7.11 Å². The number of carbonyl (C=O) groups excluding carboxylic acids is 2. The molecule has 220 valence electrons. The summed E-state index contributed by atoms with van der Waals surface area (Å²) in [4.78, 5) is 42.0. The minimum absolute atomic E-state index is 0. The molecule has 1 saturated heterocycles. The van der Waals surface area contributed by atoms with Crippen molar-refractivity contribution < 1.29 is 14.3 Å².